The fourth-order valence-electron chi connectivity index (χ4n) is 3.80. The summed E-state index contributed by atoms with van der Waals surface area (Å²) in [6.07, 6.45) is 5.27. The molecule has 0 radical (unpaired) electrons. The molecule has 0 unspecified atom stereocenters. The van der Waals surface area contributed by atoms with Crippen LogP contribution in [-0.2, 0) is 0 Å². The van der Waals surface area contributed by atoms with Crippen LogP contribution in [0.5, 0.6) is 34.5 Å². The van der Waals surface area contributed by atoms with Crippen molar-refractivity contribution in [1.29, 1.82) is 0 Å². The Morgan fingerprint density at radius 3 is 2.48 bits per heavy atom. The molecule has 0 spiro atoms. The fraction of sp³-hybridized carbons (Fsp3) is 0.292. The SMILES string of the molecule is COc1cc2c(c(OC)c1OC)C(C(=O)c1ccc3c(c1O)C=CC(C)(C)O3)=CCO2. The molecule has 1 N–H and O–H groups in total. The zero-order valence-corrected chi connectivity index (χ0v) is 18.1. The first-order valence-corrected chi connectivity index (χ1v) is 9.76. The molecule has 2 aliphatic rings. The van der Waals surface area contributed by atoms with Crippen molar-refractivity contribution in [3.63, 3.8) is 0 Å². The Balaban J connectivity index is 1.83. The number of fused-ring (bicyclic) bond motifs is 2. The van der Waals surface area contributed by atoms with Gasteiger partial charge in [0, 0.05) is 11.6 Å². The van der Waals surface area contributed by atoms with E-state index in [0.29, 0.717) is 45.4 Å². The molecule has 0 fully saturated rings. The van der Waals surface area contributed by atoms with Crippen LogP contribution in [-0.4, -0.2) is 44.4 Å². The van der Waals surface area contributed by atoms with Crippen molar-refractivity contribution in [3.05, 3.63) is 47.0 Å². The lowest BCUT2D eigenvalue weighted by Crippen LogP contribution is -2.27. The first-order chi connectivity index (χ1) is 14.8. The maximum atomic E-state index is 13.5. The molecule has 31 heavy (non-hydrogen) atoms. The van der Waals surface area contributed by atoms with Crippen LogP contribution in [0.25, 0.3) is 11.6 Å². The second kappa shape index (κ2) is 7.58. The van der Waals surface area contributed by atoms with Crippen LogP contribution in [0.1, 0.15) is 35.3 Å². The predicted octanol–water partition coefficient (Wildman–Crippen LogP) is 4.26. The molecule has 7 nitrogen and oxygen atoms in total. The summed E-state index contributed by atoms with van der Waals surface area (Å²) in [5.74, 6) is 1.54. The van der Waals surface area contributed by atoms with Gasteiger partial charge in [-0.2, -0.15) is 0 Å². The highest BCUT2D eigenvalue weighted by molar-refractivity contribution is 6.31. The van der Waals surface area contributed by atoms with Crippen molar-refractivity contribution in [2.75, 3.05) is 27.9 Å². The van der Waals surface area contributed by atoms with E-state index >= 15 is 0 Å². The molecular weight excluding hydrogens is 400 g/mol. The third-order valence-electron chi connectivity index (χ3n) is 5.28. The van der Waals surface area contributed by atoms with Gasteiger partial charge in [0.1, 0.15) is 29.5 Å². The van der Waals surface area contributed by atoms with Crippen molar-refractivity contribution in [3.8, 4) is 34.5 Å². The van der Waals surface area contributed by atoms with Gasteiger partial charge in [-0.25, -0.2) is 0 Å². The predicted molar refractivity (Wildman–Crippen MR) is 116 cm³/mol. The summed E-state index contributed by atoms with van der Waals surface area (Å²) in [6, 6.07) is 4.91. The molecule has 0 saturated carbocycles. The average Bonchev–Trinajstić information content (AvgIpc) is 2.76. The second-order valence-corrected chi connectivity index (χ2v) is 7.69. The van der Waals surface area contributed by atoms with Crippen molar-refractivity contribution in [2.24, 2.45) is 0 Å². The molecule has 0 aromatic heterocycles. The number of phenols is 1. The molecule has 2 aromatic rings. The molecule has 0 saturated heterocycles. The molecule has 2 aliphatic heterocycles. The lowest BCUT2D eigenvalue weighted by molar-refractivity contribution is 0.105. The van der Waals surface area contributed by atoms with Crippen LogP contribution in [0, 0.1) is 0 Å². The van der Waals surface area contributed by atoms with Gasteiger partial charge in [0.05, 0.1) is 38.0 Å². The molecule has 0 amide bonds. The van der Waals surface area contributed by atoms with E-state index < -0.39 is 5.60 Å². The van der Waals surface area contributed by atoms with Crippen LogP contribution in [0.15, 0.2) is 30.4 Å². The topological polar surface area (TPSA) is 83.5 Å². The highest BCUT2D eigenvalue weighted by Crippen LogP contribution is 2.50. The average molecular weight is 424 g/mol. The Labute approximate surface area is 180 Å². The third kappa shape index (κ3) is 3.36. The number of rotatable bonds is 5. The molecule has 0 bridgehead atoms. The number of benzene rings is 2. The van der Waals surface area contributed by atoms with E-state index in [9.17, 15) is 9.90 Å². The van der Waals surface area contributed by atoms with Crippen LogP contribution in [0.3, 0.4) is 0 Å². The van der Waals surface area contributed by atoms with Crippen LogP contribution in [0.2, 0.25) is 0 Å². The summed E-state index contributed by atoms with van der Waals surface area (Å²) in [5, 5.41) is 10.9. The minimum Gasteiger partial charge on any atom is -0.506 e. The maximum Gasteiger partial charge on any atom is 0.204 e. The van der Waals surface area contributed by atoms with Gasteiger partial charge in [-0.05, 0) is 44.2 Å². The van der Waals surface area contributed by atoms with Gasteiger partial charge >= 0.3 is 0 Å². The van der Waals surface area contributed by atoms with Gasteiger partial charge in [-0.1, -0.05) is 0 Å². The van der Waals surface area contributed by atoms with Crippen molar-refractivity contribution >= 4 is 17.4 Å². The summed E-state index contributed by atoms with van der Waals surface area (Å²) >= 11 is 0. The number of methoxy groups -OCH3 is 3. The minimum absolute atomic E-state index is 0.136. The minimum atomic E-state index is -0.490. The number of carbonyl (C=O) groups excluding carboxylic acids is 1. The van der Waals surface area contributed by atoms with Gasteiger partial charge in [-0.3, -0.25) is 4.79 Å². The number of hydrogen-bond acceptors (Lipinski definition) is 7. The smallest absolute Gasteiger partial charge is 0.204 e. The van der Waals surface area contributed by atoms with Crippen LogP contribution < -0.4 is 23.7 Å². The van der Waals surface area contributed by atoms with Crippen LogP contribution >= 0.6 is 0 Å². The van der Waals surface area contributed by atoms with E-state index in [4.69, 9.17) is 23.7 Å². The van der Waals surface area contributed by atoms with Crippen molar-refractivity contribution in [1.82, 2.24) is 0 Å². The summed E-state index contributed by atoms with van der Waals surface area (Å²) < 4.78 is 28.0. The van der Waals surface area contributed by atoms with Crippen molar-refractivity contribution in [2.45, 2.75) is 19.4 Å². The van der Waals surface area contributed by atoms with Crippen molar-refractivity contribution < 1.29 is 33.6 Å². The summed E-state index contributed by atoms with van der Waals surface area (Å²) in [7, 11) is 4.48. The normalized spacial score (nSPS) is 15.6. The number of allylic oxidation sites excluding steroid dienone is 1. The molecule has 2 aromatic carbocycles. The lowest BCUT2D eigenvalue weighted by atomic mass is 9.91. The number of hydrogen-bond donors (Lipinski definition) is 1. The zero-order valence-electron chi connectivity index (χ0n) is 18.1. The summed E-state index contributed by atoms with van der Waals surface area (Å²) in [4.78, 5) is 13.5. The standard InChI is InChI=1S/C24H24O7/c1-24(2)10-8-13-16(31-24)7-6-15(20(13)25)21(26)14-9-11-30-17-12-18(27-3)22(28-4)23(29-5)19(14)17/h6-10,12,25H,11H2,1-5H3. The van der Waals surface area contributed by atoms with E-state index in [1.807, 2.05) is 19.9 Å². The Morgan fingerprint density at radius 2 is 1.81 bits per heavy atom. The lowest BCUT2D eigenvalue weighted by Gasteiger charge is -2.28. The largest absolute Gasteiger partial charge is 0.506 e. The van der Waals surface area contributed by atoms with Gasteiger partial charge in [0.15, 0.2) is 17.3 Å². The highest BCUT2D eigenvalue weighted by atomic mass is 16.5. The van der Waals surface area contributed by atoms with E-state index in [0.717, 1.165) is 0 Å². The number of aromatic hydroxyl groups is 1. The maximum absolute atomic E-state index is 13.5. The number of Topliss-reactive ketones (excluding diaryl/α,β-unsaturated/α-hetero) is 1. The van der Waals surface area contributed by atoms with Gasteiger partial charge < -0.3 is 28.8 Å². The molecule has 2 heterocycles. The zero-order chi connectivity index (χ0) is 22.3. The monoisotopic (exact) mass is 424 g/mol. The molecule has 0 atom stereocenters. The number of phenolic OH excluding ortho intramolecular Hbond substituents is 1. The quantitative estimate of drug-likeness (QED) is 0.718. The Hall–Kier alpha value is -3.61. The first-order valence-electron chi connectivity index (χ1n) is 9.76. The molecule has 7 heteroatoms. The van der Waals surface area contributed by atoms with Gasteiger partial charge in [-0.15, -0.1) is 0 Å². The summed E-state index contributed by atoms with van der Waals surface area (Å²) in [5.41, 5.74) is 0.924. The number of carbonyl (C=O) groups is 1. The Bertz CT molecular complexity index is 1130. The second-order valence-electron chi connectivity index (χ2n) is 7.69. The Morgan fingerprint density at radius 1 is 1.06 bits per heavy atom. The van der Waals surface area contributed by atoms with Crippen LogP contribution in [0.4, 0.5) is 0 Å². The van der Waals surface area contributed by atoms with E-state index in [1.165, 1.54) is 21.3 Å². The Kier molecular flexibility index (Phi) is 5.05. The van der Waals surface area contributed by atoms with E-state index in [2.05, 4.69) is 0 Å². The van der Waals surface area contributed by atoms with E-state index in [-0.39, 0.29) is 23.7 Å². The first kappa shape index (κ1) is 20.7. The molecule has 4 rings (SSSR count). The summed E-state index contributed by atoms with van der Waals surface area (Å²) in [6.45, 7) is 4.02. The third-order valence-corrected chi connectivity index (χ3v) is 5.28. The van der Waals surface area contributed by atoms with E-state index in [1.54, 1.807) is 30.4 Å². The number of ketones is 1. The van der Waals surface area contributed by atoms with Gasteiger partial charge in [0.2, 0.25) is 5.75 Å². The number of ether oxygens (including phenoxy) is 5. The highest BCUT2D eigenvalue weighted by Gasteiger charge is 2.32. The van der Waals surface area contributed by atoms with Gasteiger partial charge in [0.25, 0.3) is 0 Å². The molecule has 162 valence electrons. The molecular formula is C24H24O7. The molecule has 0 aliphatic carbocycles. The fourth-order valence-corrected chi connectivity index (χ4v) is 3.80.